The minimum atomic E-state index is -0.0455. The second kappa shape index (κ2) is 9.22. The maximum atomic E-state index is 13.3. The first-order valence-electron chi connectivity index (χ1n) is 13.3. The van der Waals surface area contributed by atoms with Crippen LogP contribution in [0, 0.1) is 29.6 Å². The highest BCUT2D eigenvalue weighted by Crippen LogP contribution is 2.39. The van der Waals surface area contributed by atoms with Crippen LogP contribution in [0.15, 0.2) is 0 Å². The molecule has 0 spiro atoms. The molecule has 5 fully saturated rings. The molecule has 0 aromatic rings. The molecule has 6 N–H and O–H groups in total. The zero-order valence-corrected chi connectivity index (χ0v) is 19.8. The summed E-state index contributed by atoms with van der Waals surface area (Å²) in [5.41, 5.74) is 6.00. The number of piperidine rings is 1. The van der Waals surface area contributed by atoms with Crippen molar-refractivity contribution in [3.63, 3.8) is 0 Å². The Bertz CT molecular complexity index is 712. The number of hydrogen-bond donors (Lipinski definition) is 5. The molecule has 0 aromatic carbocycles. The summed E-state index contributed by atoms with van der Waals surface area (Å²) in [7, 11) is 0. The Morgan fingerprint density at radius 2 is 1.78 bits per heavy atom. The maximum absolute atomic E-state index is 13.3. The van der Waals surface area contributed by atoms with E-state index in [1.165, 1.54) is 32.1 Å². The molecule has 5 aliphatic rings. The predicted octanol–water partition coefficient (Wildman–Crippen LogP) is 1.27. The highest BCUT2D eigenvalue weighted by Gasteiger charge is 2.46. The maximum Gasteiger partial charge on any atom is 0.237 e. The summed E-state index contributed by atoms with van der Waals surface area (Å²) in [6.45, 7) is 5.25. The summed E-state index contributed by atoms with van der Waals surface area (Å²) in [5.74, 6) is 2.57. The molecule has 32 heavy (non-hydrogen) atoms. The second-order valence-corrected chi connectivity index (χ2v) is 11.7. The summed E-state index contributed by atoms with van der Waals surface area (Å²) in [6, 6.07) is 1.14. The molecule has 7 nitrogen and oxygen atoms in total. The van der Waals surface area contributed by atoms with Crippen LogP contribution in [0.25, 0.3) is 0 Å². The first-order chi connectivity index (χ1) is 15.4. The quantitative estimate of drug-likeness (QED) is 0.423. The molecule has 3 saturated carbocycles. The van der Waals surface area contributed by atoms with Crippen LogP contribution in [0.5, 0.6) is 0 Å². The highest BCUT2D eigenvalue weighted by atomic mass is 16.2. The molecule has 7 heteroatoms. The van der Waals surface area contributed by atoms with Crippen molar-refractivity contribution < 1.29 is 9.59 Å². The van der Waals surface area contributed by atoms with Gasteiger partial charge in [-0.2, -0.15) is 0 Å². The number of fused-ring (bicyclic) bond motifs is 1. The number of nitrogens with two attached hydrogens (primary N) is 1. The van der Waals surface area contributed by atoms with E-state index in [9.17, 15) is 9.59 Å². The summed E-state index contributed by atoms with van der Waals surface area (Å²) in [5, 5.41) is 14.0. The average molecular weight is 446 g/mol. The van der Waals surface area contributed by atoms with E-state index in [1.54, 1.807) is 0 Å². The zero-order valence-electron chi connectivity index (χ0n) is 19.8. The van der Waals surface area contributed by atoms with Crippen molar-refractivity contribution in [3.8, 4) is 0 Å². The molecule has 180 valence electrons. The molecular formula is C25H43N5O2. The van der Waals surface area contributed by atoms with Gasteiger partial charge in [0.2, 0.25) is 11.8 Å². The number of nitrogens with one attached hydrogen (secondary N) is 4. The zero-order chi connectivity index (χ0) is 22.4. The van der Waals surface area contributed by atoms with E-state index in [4.69, 9.17) is 5.73 Å². The fourth-order valence-corrected chi connectivity index (χ4v) is 6.94. The Morgan fingerprint density at radius 3 is 2.41 bits per heavy atom. The van der Waals surface area contributed by atoms with Gasteiger partial charge < -0.3 is 27.0 Å². The average Bonchev–Trinajstić information content (AvgIpc) is 3.52. The fourth-order valence-electron chi connectivity index (χ4n) is 6.94. The Labute approximate surface area is 192 Å². The molecule has 0 bridgehead atoms. The predicted molar refractivity (Wildman–Crippen MR) is 125 cm³/mol. The monoisotopic (exact) mass is 445 g/mol. The number of carbonyl (C=O) groups is 2. The van der Waals surface area contributed by atoms with Crippen molar-refractivity contribution in [1.29, 1.82) is 0 Å². The molecular weight excluding hydrogens is 402 g/mol. The SMILES string of the molecule is CC1CCCC2CC(C(=O)NC(C3CC3)C3NCC(C(=O)N[C@H]4CC[C@@H]4N)CC3C)NC12. The van der Waals surface area contributed by atoms with Crippen molar-refractivity contribution in [2.45, 2.75) is 108 Å². The van der Waals surface area contributed by atoms with E-state index in [0.29, 0.717) is 36.3 Å². The minimum Gasteiger partial charge on any atom is -0.352 e. The molecule has 2 aliphatic heterocycles. The number of carbonyl (C=O) groups excluding carboxylic acids is 2. The van der Waals surface area contributed by atoms with Gasteiger partial charge in [0.1, 0.15) is 0 Å². The van der Waals surface area contributed by atoms with E-state index >= 15 is 0 Å². The molecule has 8 unspecified atom stereocenters. The van der Waals surface area contributed by atoms with Crippen LogP contribution in [0.3, 0.4) is 0 Å². The summed E-state index contributed by atoms with van der Waals surface area (Å²) in [6.07, 6.45) is 10.1. The van der Waals surface area contributed by atoms with Gasteiger partial charge in [-0.25, -0.2) is 0 Å². The van der Waals surface area contributed by atoms with Gasteiger partial charge in [-0.3, -0.25) is 9.59 Å². The normalized spacial score (nSPS) is 44.8. The lowest BCUT2D eigenvalue weighted by Gasteiger charge is -2.41. The first kappa shape index (κ1) is 22.6. The largest absolute Gasteiger partial charge is 0.352 e. The summed E-state index contributed by atoms with van der Waals surface area (Å²) in [4.78, 5) is 26.0. The molecule has 3 aliphatic carbocycles. The van der Waals surface area contributed by atoms with Gasteiger partial charge in [0.05, 0.1) is 12.0 Å². The Hall–Kier alpha value is -1.18. The number of rotatable bonds is 6. The van der Waals surface area contributed by atoms with Gasteiger partial charge in [0, 0.05) is 36.8 Å². The van der Waals surface area contributed by atoms with Gasteiger partial charge in [-0.1, -0.05) is 20.3 Å². The minimum absolute atomic E-state index is 0.00860. The summed E-state index contributed by atoms with van der Waals surface area (Å²) < 4.78 is 0. The Morgan fingerprint density at radius 1 is 0.969 bits per heavy atom. The van der Waals surface area contributed by atoms with Gasteiger partial charge in [-0.05, 0) is 75.0 Å². The molecule has 0 aromatic heterocycles. The van der Waals surface area contributed by atoms with Crippen molar-refractivity contribution >= 4 is 11.8 Å². The molecule has 5 rings (SSSR count). The van der Waals surface area contributed by atoms with Crippen LogP contribution < -0.4 is 27.0 Å². The lowest BCUT2D eigenvalue weighted by atomic mass is 9.78. The number of hydrogen-bond acceptors (Lipinski definition) is 5. The first-order valence-corrected chi connectivity index (χ1v) is 13.3. The van der Waals surface area contributed by atoms with E-state index < -0.39 is 0 Å². The van der Waals surface area contributed by atoms with Crippen LogP contribution in [0.1, 0.15) is 71.6 Å². The van der Waals surface area contributed by atoms with Gasteiger partial charge in [0.15, 0.2) is 0 Å². The Balaban J connectivity index is 1.16. The van der Waals surface area contributed by atoms with E-state index in [2.05, 4.69) is 35.1 Å². The van der Waals surface area contributed by atoms with Gasteiger partial charge >= 0.3 is 0 Å². The number of amides is 2. The van der Waals surface area contributed by atoms with Crippen LogP contribution in [0.4, 0.5) is 0 Å². The third kappa shape index (κ3) is 4.58. The lowest BCUT2D eigenvalue weighted by molar-refractivity contribution is -0.128. The van der Waals surface area contributed by atoms with Crippen molar-refractivity contribution in [1.82, 2.24) is 21.3 Å². The summed E-state index contributed by atoms with van der Waals surface area (Å²) >= 11 is 0. The standard InChI is InChI=1S/C25H43N5O2/c1-13-4-3-5-16-11-20(28-21(13)16)25(32)30-23(15-6-7-15)22-14(2)10-17(12-27-22)24(31)29-19-9-8-18(19)26/h13-23,27-28H,3-12,26H2,1-2H3,(H,29,31)(H,30,32)/t13?,14?,16?,17?,18-,19-,20?,21?,22?,23?/m0/s1. The van der Waals surface area contributed by atoms with Crippen LogP contribution in [-0.2, 0) is 9.59 Å². The topological polar surface area (TPSA) is 108 Å². The third-order valence-electron chi connectivity index (χ3n) is 9.33. The fraction of sp³-hybridized carbons (Fsp3) is 0.920. The van der Waals surface area contributed by atoms with E-state index in [-0.39, 0.29) is 47.9 Å². The van der Waals surface area contributed by atoms with E-state index in [1.807, 2.05) is 0 Å². The van der Waals surface area contributed by atoms with E-state index in [0.717, 1.165) is 25.7 Å². The van der Waals surface area contributed by atoms with Crippen molar-refractivity contribution in [2.24, 2.45) is 35.3 Å². The van der Waals surface area contributed by atoms with Crippen molar-refractivity contribution in [2.75, 3.05) is 6.54 Å². The molecule has 2 amide bonds. The third-order valence-corrected chi connectivity index (χ3v) is 9.33. The van der Waals surface area contributed by atoms with Crippen LogP contribution in [0.2, 0.25) is 0 Å². The highest BCUT2D eigenvalue weighted by molar-refractivity contribution is 5.82. The lowest BCUT2D eigenvalue weighted by Crippen LogP contribution is -2.62. The second-order valence-electron chi connectivity index (χ2n) is 11.7. The molecule has 2 heterocycles. The van der Waals surface area contributed by atoms with Crippen molar-refractivity contribution in [3.05, 3.63) is 0 Å². The van der Waals surface area contributed by atoms with Crippen LogP contribution >= 0.6 is 0 Å². The Kier molecular flexibility index (Phi) is 6.52. The van der Waals surface area contributed by atoms with Crippen LogP contribution in [-0.4, -0.2) is 54.6 Å². The van der Waals surface area contributed by atoms with Gasteiger partial charge in [0.25, 0.3) is 0 Å². The molecule has 10 atom stereocenters. The smallest absolute Gasteiger partial charge is 0.237 e. The molecule has 0 radical (unpaired) electrons. The van der Waals surface area contributed by atoms with Gasteiger partial charge in [-0.15, -0.1) is 0 Å². The molecule has 2 saturated heterocycles.